The van der Waals surface area contributed by atoms with E-state index in [1.807, 2.05) is 33.0 Å². The van der Waals surface area contributed by atoms with Crippen LogP contribution in [0.5, 0.6) is 5.75 Å². The summed E-state index contributed by atoms with van der Waals surface area (Å²) < 4.78 is 12.8. The zero-order chi connectivity index (χ0) is 31.2. The fraction of sp³-hybridized carbons (Fsp3) is 0.515. The lowest BCUT2D eigenvalue weighted by Gasteiger charge is -2.40. The molecule has 2 amide bonds. The quantitative estimate of drug-likeness (QED) is 0.309. The Labute approximate surface area is 257 Å². The van der Waals surface area contributed by atoms with Crippen molar-refractivity contribution in [3.8, 4) is 17.0 Å². The van der Waals surface area contributed by atoms with E-state index in [1.165, 1.54) is 22.8 Å². The number of methoxy groups -OCH3 is 1. The summed E-state index contributed by atoms with van der Waals surface area (Å²) in [7, 11) is 1.65. The van der Waals surface area contributed by atoms with Crippen LogP contribution in [0, 0.1) is 0 Å². The van der Waals surface area contributed by atoms with Crippen LogP contribution in [0.1, 0.15) is 70.4 Å². The molecule has 5 heterocycles. The molecule has 0 aliphatic carbocycles. The number of nitrogens with one attached hydrogen (secondary N) is 2. The van der Waals surface area contributed by atoms with Crippen molar-refractivity contribution < 1.29 is 19.1 Å². The highest BCUT2D eigenvalue weighted by molar-refractivity contribution is 5.92. The molecule has 2 aliphatic heterocycles. The van der Waals surface area contributed by atoms with Gasteiger partial charge in [0.25, 0.3) is 0 Å². The molecule has 2 saturated heterocycles. The number of pyridine rings is 1. The fourth-order valence-electron chi connectivity index (χ4n) is 6.44. The Morgan fingerprint density at radius 1 is 1.14 bits per heavy atom. The van der Waals surface area contributed by atoms with Crippen molar-refractivity contribution in [1.29, 1.82) is 0 Å². The summed E-state index contributed by atoms with van der Waals surface area (Å²) >= 11 is 0. The smallest absolute Gasteiger partial charge is 0.410 e. The van der Waals surface area contributed by atoms with E-state index in [9.17, 15) is 9.59 Å². The Balaban J connectivity index is 1.09. The number of aromatic amines is 1. The molecule has 11 nitrogen and oxygen atoms in total. The van der Waals surface area contributed by atoms with Crippen molar-refractivity contribution in [2.75, 3.05) is 39.8 Å². The van der Waals surface area contributed by atoms with E-state index >= 15 is 0 Å². The van der Waals surface area contributed by atoms with Crippen molar-refractivity contribution in [1.82, 2.24) is 34.7 Å². The third-order valence-corrected chi connectivity index (χ3v) is 8.61. The topological polar surface area (TPSA) is 117 Å². The molecule has 0 atom stereocenters. The Kier molecular flexibility index (Phi) is 8.00. The zero-order valence-electron chi connectivity index (χ0n) is 26.5. The third-order valence-electron chi connectivity index (χ3n) is 8.61. The number of nitrogens with zero attached hydrogens (tertiary/aromatic N) is 5. The highest BCUT2D eigenvalue weighted by Gasteiger charge is 2.35. The van der Waals surface area contributed by atoms with Crippen molar-refractivity contribution >= 4 is 28.6 Å². The van der Waals surface area contributed by atoms with Crippen molar-refractivity contribution in [2.45, 2.75) is 70.9 Å². The molecule has 0 bridgehead atoms. The number of aromatic nitrogens is 4. The van der Waals surface area contributed by atoms with Gasteiger partial charge in [0.2, 0.25) is 5.91 Å². The summed E-state index contributed by atoms with van der Waals surface area (Å²) in [6, 6.07) is 8.81. The number of benzene rings is 1. The predicted octanol–water partition coefficient (Wildman–Crippen LogP) is 4.92. The molecule has 44 heavy (non-hydrogen) atoms. The number of ether oxygens (including phenoxy) is 2. The monoisotopic (exact) mass is 601 g/mol. The van der Waals surface area contributed by atoms with Crippen molar-refractivity contribution in [3.05, 3.63) is 47.9 Å². The number of likely N-dealkylation sites (tertiary alicyclic amines) is 2. The van der Waals surface area contributed by atoms with Crippen LogP contribution in [0.15, 0.2) is 36.8 Å². The number of piperidine rings is 1. The molecule has 0 spiro atoms. The van der Waals surface area contributed by atoms with Crippen LogP contribution in [-0.2, 0) is 9.53 Å². The molecule has 234 valence electrons. The second-order valence-electron chi connectivity index (χ2n) is 13.4. The highest BCUT2D eigenvalue weighted by atomic mass is 16.6. The molecule has 1 aromatic carbocycles. The summed E-state index contributed by atoms with van der Waals surface area (Å²) in [6.07, 6.45) is 5.21. The van der Waals surface area contributed by atoms with E-state index in [0.717, 1.165) is 42.7 Å². The van der Waals surface area contributed by atoms with Gasteiger partial charge >= 0.3 is 6.09 Å². The molecule has 3 aromatic heterocycles. The first-order valence-electron chi connectivity index (χ1n) is 15.5. The number of carbonyl (C=O) groups is 2. The molecule has 0 radical (unpaired) electrons. The van der Waals surface area contributed by atoms with Gasteiger partial charge in [0.1, 0.15) is 11.9 Å². The molecular weight excluding hydrogens is 558 g/mol. The second-order valence-corrected chi connectivity index (χ2v) is 13.4. The van der Waals surface area contributed by atoms with Crippen LogP contribution < -0.4 is 10.1 Å². The van der Waals surface area contributed by atoms with E-state index in [4.69, 9.17) is 9.47 Å². The normalized spacial score (nSPS) is 16.9. The van der Waals surface area contributed by atoms with Crippen LogP contribution in [0.2, 0.25) is 0 Å². The van der Waals surface area contributed by atoms with Gasteiger partial charge in [0.05, 0.1) is 25.4 Å². The number of hydrogen-bond donors (Lipinski definition) is 2. The Morgan fingerprint density at radius 3 is 2.57 bits per heavy atom. The van der Waals surface area contributed by atoms with Crippen LogP contribution in [0.4, 0.5) is 4.79 Å². The first-order chi connectivity index (χ1) is 21.0. The van der Waals surface area contributed by atoms with Crippen LogP contribution in [-0.4, -0.2) is 92.9 Å². The average Bonchev–Trinajstić information content (AvgIpc) is 3.58. The molecule has 2 N–H and O–H groups in total. The minimum absolute atomic E-state index is 0.0140. The van der Waals surface area contributed by atoms with Gasteiger partial charge in [-0.1, -0.05) is 19.9 Å². The molecule has 4 aromatic rings. The molecule has 0 saturated carbocycles. The summed E-state index contributed by atoms with van der Waals surface area (Å²) in [5.74, 6) is 1.45. The summed E-state index contributed by atoms with van der Waals surface area (Å²) in [4.78, 5) is 36.7. The standard InChI is InChI=1S/C33H43N7O4/c1-20(2)29-25-13-22(7-8-26(25)37-30(29)23-14-27(43-6)31-34-19-35-40(31)15-23)21-9-11-38(12-10-21)18-28(41)36-24-16-39(17-24)32(42)44-33(3,4)5/h7-8,13-15,19-21,24,37H,9-12,16-18H2,1-6H3,(H,36,41). The average molecular weight is 602 g/mol. The Morgan fingerprint density at radius 2 is 1.89 bits per heavy atom. The lowest BCUT2D eigenvalue weighted by atomic mass is 9.87. The number of carbonyl (C=O) groups excluding carboxylic acids is 2. The van der Waals surface area contributed by atoms with E-state index in [0.29, 0.717) is 42.9 Å². The second kappa shape index (κ2) is 11.8. The van der Waals surface area contributed by atoms with Gasteiger partial charge in [-0.05, 0) is 87.9 Å². The zero-order valence-corrected chi connectivity index (χ0v) is 26.5. The lowest BCUT2D eigenvalue weighted by Crippen LogP contribution is -2.62. The molecule has 0 unspecified atom stereocenters. The first-order valence-corrected chi connectivity index (χ1v) is 15.5. The molecule has 2 aliphatic rings. The van der Waals surface area contributed by atoms with Crippen molar-refractivity contribution in [3.63, 3.8) is 0 Å². The van der Waals surface area contributed by atoms with E-state index < -0.39 is 5.60 Å². The van der Waals surface area contributed by atoms with Crippen LogP contribution in [0.3, 0.4) is 0 Å². The molecular formula is C33H43N7O4. The Hall–Kier alpha value is -4.12. The number of H-pyrrole nitrogens is 1. The van der Waals surface area contributed by atoms with E-state index in [-0.39, 0.29) is 18.0 Å². The van der Waals surface area contributed by atoms with Gasteiger partial charge in [0, 0.05) is 35.8 Å². The Bertz CT molecular complexity index is 1670. The molecule has 11 heteroatoms. The molecule has 6 rings (SSSR count). The first kappa shape index (κ1) is 29.9. The summed E-state index contributed by atoms with van der Waals surface area (Å²) in [5.41, 5.74) is 5.98. The number of hydrogen-bond acceptors (Lipinski definition) is 7. The predicted molar refractivity (Wildman–Crippen MR) is 169 cm³/mol. The highest BCUT2D eigenvalue weighted by Crippen LogP contribution is 2.39. The van der Waals surface area contributed by atoms with Gasteiger partial charge in [0.15, 0.2) is 11.4 Å². The van der Waals surface area contributed by atoms with Crippen LogP contribution in [0.25, 0.3) is 27.8 Å². The van der Waals surface area contributed by atoms with Gasteiger partial charge < -0.3 is 24.7 Å². The maximum atomic E-state index is 12.7. The summed E-state index contributed by atoms with van der Waals surface area (Å²) in [5, 5.41) is 8.66. The SMILES string of the molecule is COc1cc(-c2[nH]c3ccc(C4CCN(CC(=O)NC5CN(C(=O)OC(C)(C)C)C5)CC4)cc3c2C(C)C)cn2ncnc12. The van der Waals surface area contributed by atoms with Gasteiger partial charge in [-0.15, -0.1) is 0 Å². The maximum Gasteiger partial charge on any atom is 0.410 e. The minimum Gasteiger partial charge on any atom is -0.493 e. The summed E-state index contributed by atoms with van der Waals surface area (Å²) in [6.45, 7) is 13.1. The molecule has 2 fully saturated rings. The number of fused-ring (bicyclic) bond motifs is 2. The van der Waals surface area contributed by atoms with Gasteiger partial charge in [-0.3, -0.25) is 9.69 Å². The van der Waals surface area contributed by atoms with Crippen LogP contribution >= 0.6 is 0 Å². The van der Waals surface area contributed by atoms with Gasteiger partial charge in [-0.25, -0.2) is 14.3 Å². The van der Waals surface area contributed by atoms with E-state index in [2.05, 4.69) is 57.3 Å². The fourth-order valence-corrected chi connectivity index (χ4v) is 6.44. The van der Waals surface area contributed by atoms with Crippen molar-refractivity contribution in [2.24, 2.45) is 0 Å². The largest absolute Gasteiger partial charge is 0.493 e. The number of amides is 2. The minimum atomic E-state index is -0.520. The number of rotatable bonds is 7. The third kappa shape index (κ3) is 6.10. The lowest BCUT2D eigenvalue weighted by molar-refractivity contribution is -0.124. The van der Waals surface area contributed by atoms with Gasteiger partial charge in [-0.2, -0.15) is 5.10 Å². The maximum absolute atomic E-state index is 12.7. The van der Waals surface area contributed by atoms with E-state index in [1.54, 1.807) is 16.5 Å².